The van der Waals surface area contributed by atoms with Gasteiger partial charge in [0.1, 0.15) is 0 Å². The average molecular weight is 266 g/mol. The molecular formula is C4H11NdO2P. The summed E-state index contributed by atoms with van der Waals surface area (Å²) in [5.41, 5.74) is 0. The van der Waals surface area contributed by atoms with Crippen LogP contribution in [-0.4, -0.2) is 15.9 Å². The van der Waals surface area contributed by atoms with E-state index in [2.05, 4.69) is 0 Å². The Labute approximate surface area is 84.1 Å². The molecule has 0 aromatic rings. The molecule has 0 bridgehead atoms. The van der Waals surface area contributed by atoms with E-state index in [1.807, 2.05) is 6.92 Å². The first-order valence-corrected chi connectivity index (χ1v) is 3.86. The van der Waals surface area contributed by atoms with E-state index >= 15 is 0 Å². The summed E-state index contributed by atoms with van der Waals surface area (Å²) in [7, 11) is -1.61. The molecule has 0 spiro atoms. The molecule has 4 heteroatoms. The van der Waals surface area contributed by atoms with Crippen molar-refractivity contribution in [3.8, 4) is 0 Å². The molecule has 2 N–H and O–H groups in total. The molecule has 2 nitrogen and oxygen atoms in total. The van der Waals surface area contributed by atoms with E-state index in [1.165, 1.54) is 0 Å². The standard InChI is InChI=1S/C4H11O2P.Nd/c1-2-3-4-7(5)6;/h5-6H,2-4H2,1H3;. The third-order valence-corrected chi connectivity index (χ3v) is 1.43. The van der Waals surface area contributed by atoms with Gasteiger partial charge in [-0.05, 0) is 6.42 Å². The van der Waals surface area contributed by atoms with Crippen LogP contribution < -0.4 is 0 Å². The normalized spacial score (nSPS) is 9.00. The van der Waals surface area contributed by atoms with Crippen molar-refractivity contribution in [1.82, 2.24) is 0 Å². The van der Waals surface area contributed by atoms with E-state index < -0.39 is 8.38 Å². The van der Waals surface area contributed by atoms with E-state index in [0.29, 0.717) is 6.16 Å². The minimum atomic E-state index is -1.61. The van der Waals surface area contributed by atoms with Crippen LogP contribution in [0.4, 0.5) is 0 Å². The van der Waals surface area contributed by atoms with Crippen molar-refractivity contribution in [2.24, 2.45) is 0 Å². The monoisotopic (exact) mass is 264 g/mol. The van der Waals surface area contributed by atoms with Crippen molar-refractivity contribution >= 4 is 8.38 Å². The fourth-order valence-electron chi connectivity index (χ4n) is 0.300. The molecule has 0 heterocycles. The molecule has 0 fully saturated rings. The summed E-state index contributed by atoms with van der Waals surface area (Å²) in [4.78, 5) is 16.6. The zero-order valence-electron chi connectivity index (χ0n) is 4.96. The van der Waals surface area contributed by atoms with E-state index in [0.717, 1.165) is 12.8 Å². The van der Waals surface area contributed by atoms with Gasteiger partial charge in [-0.1, -0.05) is 13.3 Å². The molecule has 0 aromatic carbocycles. The predicted octanol–water partition coefficient (Wildman–Crippen LogP) is 1.08. The van der Waals surface area contributed by atoms with Crippen LogP contribution in [0.1, 0.15) is 19.8 Å². The summed E-state index contributed by atoms with van der Waals surface area (Å²) in [6, 6.07) is 0. The molecule has 48 valence electrons. The van der Waals surface area contributed by atoms with Crippen LogP contribution in [0.2, 0.25) is 0 Å². The van der Waals surface area contributed by atoms with Crippen LogP contribution in [0.5, 0.6) is 0 Å². The first-order valence-electron chi connectivity index (χ1n) is 2.42. The Morgan fingerprint density at radius 3 is 2.00 bits per heavy atom. The first-order chi connectivity index (χ1) is 3.27. The van der Waals surface area contributed by atoms with Gasteiger partial charge in [0.05, 0.1) is 0 Å². The minimum Gasteiger partial charge on any atom is -0.350 e. The summed E-state index contributed by atoms with van der Waals surface area (Å²) < 4.78 is 0. The Balaban J connectivity index is 0. The van der Waals surface area contributed by atoms with Gasteiger partial charge in [0.25, 0.3) is 0 Å². The zero-order valence-corrected chi connectivity index (χ0v) is 9.07. The van der Waals surface area contributed by atoms with Gasteiger partial charge >= 0.3 is 0 Å². The molecule has 0 rings (SSSR count). The van der Waals surface area contributed by atoms with Gasteiger partial charge in [-0.25, -0.2) is 0 Å². The fourth-order valence-corrected chi connectivity index (χ4v) is 0.899. The molecule has 0 aliphatic rings. The third-order valence-electron chi connectivity index (χ3n) is 0.712. The maximum atomic E-state index is 8.30. The maximum Gasteiger partial charge on any atom is 0.164 e. The molecule has 0 radical (unpaired) electrons. The van der Waals surface area contributed by atoms with E-state index in [4.69, 9.17) is 9.79 Å². The smallest absolute Gasteiger partial charge is 0.164 e. The number of unbranched alkanes of at least 4 members (excludes halogenated alkanes) is 1. The van der Waals surface area contributed by atoms with Gasteiger partial charge < -0.3 is 9.79 Å². The molecule has 0 amide bonds. The Morgan fingerprint density at radius 2 is 1.88 bits per heavy atom. The van der Waals surface area contributed by atoms with Crippen molar-refractivity contribution in [3.63, 3.8) is 0 Å². The van der Waals surface area contributed by atoms with Crippen molar-refractivity contribution in [2.75, 3.05) is 6.16 Å². The third kappa shape index (κ3) is 10.6. The molecule has 0 saturated heterocycles. The van der Waals surface area contributed by atoms with E-state index in [1.54, 1.807) is 0 Å². The average Bonchev–Trinajstić information content (AvgIpc) is 1.61. The molecular weight excluding hydrogens is 255 g/mol. The van der Waals surface area contributed by atoms with Crippen LogP contribution in [0, 0.1) is 40.8 Å². The van der Waals surface area contributed by atoms with Crippen LogP contribution in [-0.2, 0) is 0 Å². The molecule has 0 aromatic heterocycles. The predicted molar refractivity (Wildman–Crippen MR) is 31.1 cm³/mol. The Hall–Kier alpha value is 1.70. The summed E-state index contributed by atoms with van der Waals surface area (Å²) in [6.07, 6.45) is 2.55. The molecule has 0 unspecified atom stereocenters. The Bertz CT molecular complexity index is 43.0. The van der Waals surface area contributed by atoms with Gasteiger partial charge in [0, 0.05) is 47.0 Å². The summed E-state index contributed by atoms with van der Waals surface area (Å²) in [6.45, 7) is 2.03. The maximum absolute atomic E-state index is 8.30. The topological polar surface area (TPSA) is 40.5 Å². The van der Waals surface area contributed by atoms with Gasteiger partial charge in [-0.3, -0.25) is 0 Å². The number of hydrogen-bond donors (Lipinski definition) is 2. The fraction of sp³-hybridized carbons (Fsp3) is 1.00. The first kappa shape index (κ1) is 12.4. The van der Waals surface area contributed by atoms with Crippen LogP contribution in [0.25, 0.3) is 0 Å². The zero-order chi connectivity index (χ0) is 5.70. The van der Waals surface area contributed by atoms with Crippen LogP contribution in [0.3, 0.4) is 0 Å². The van der Waals surface area contributed by atoms with Crippen molar-refractivity contribution < 1.29 is 50.6 Å². The molecule has 0 atom stereocenters. The van der Waals surface area contributed by atoms with Gasteiger partial charge in [0.2, 0.25) is 0 Å². The van der Waals surface area contributed by atoms with E-state index in [9.17, 15) is 0 Å². The summed E-state index contributed by atoms with van der Waals surface area (Å²) >= 11 is 0. The Kier molecular flexibility index (Phi) is 13.5. The van der Waals surface area contributed by atoms with Crippen LogP contribution in [0.15, 0.2) is 0 Å². The second kappa shape index (κ2) is 8.70. The molecule has 0 saturated carbocycles. The van der Waals surface area contributed by atoms with Crippen molar-refractivity contribution in [1.29, 1.82) is 0 Å². The second-order valence-corrected chi connectivity index (χ2v) is 2.64. The summed E-state index contributed by atoms with van der Waals surface area (Å²) in [5.74, 6) is 0. The van der Waals surface area contributed by atoms with Crippen LogP contribution >= 0.6 is 8.38 Å². The van der Waals surface area contributed by atoms with Gasteiger partial charge in [-0.15, -0.1) is 0 Å². The number of hydrogen-bond acceptors (Lipinski definition) is 2. The minimum absolute atomic E-state index is 0. The molecule has 8 heavy (non-hydrogen) atoms. The Morgan fingerprint density at radius 1 is 1.38 bits per heavy atom. The van der Waals surface area contributed by atoms with Crippen molar-refractivity contribution in [3.05, 3.63) is 0 Å². The second-order valence-electron chi connectivity index (χ2n) is 1.45. The van der Waals surface area contributed by atoms with E-state index in [-0.39, 0.29) is 40.8 Å². The number of rotatable bonds is 3. The molecule has 0 aliphatic carbocycles. The summed E-state index contributed by atoms with van der Waals surface area (Å²) in [5, 5.41) is 0. The van der Waals surface area contributed by atoms with Gasteiger partial charge in [-0.2, -0.15) is 0 Å². The van der Waals surface area contributed by atoms with Crippen molar-refractivity contribution in [2.45, 2.75) is 19.8 Å². The quantitative estimate of drug-likeness (QED) is 0.751. The molecule has 0 aliphatic heterocycles. The van der Waals surface area contributed by atoms with Gasteiger partial charge in [0.15, 0.2) is 8.38 Å². The largest absolute Gasteiger partial charge is 0.350 e. The SMILES string of the molecule is CCCCP(O)O.[Nd].